The molecule has 1 heterocycles. The van der Waals surface area contributed by atoms with Gasteiger partial charge in [0.05, 0.1) is 0 Å². The fourth-order valence-electron chi connectivity index (χ4n) is 1.89. The molecule has 4 nitrogen and oxygen atoms in total. The Hall–Kier alpha value is -2.36. The predicted molar refractivity (Wildman–Crippen MR) is 75.5 cm³/mol. The van der Waals surface area contributed by atoms with Crippen molar-refractivity contribution in [3.8, 4) is 0 Å². The number of carbonyl (C=O) groups excluding carboxylic acids is 1. The van der Waals surface area contributed by atoms with Crippen LogP contribution in [0.15, 0.2) is 53.5 Å². The molecule has 0 radical (unpaired) electrons. The summed E-state index contributed by atoms with van der Waals surface area (Å²) in [5.74, 6) is -0.161. The van der Waals surface area contributed by atoms with Crippen LogP contribution in [0.5, 0.6) is 0 Å². The summed E-state index contributed by atoms with van der Waals surface area (Å²) in [7, 11) is 1.66. The van der Waals surface area contributed by atoms with Crippen LogP contribution < -0.4 is 10.5 Å². The normalized spacial score (nSPS) is 10.2. The van der Waals surface area contributed by atoms with E-state index in [-0.39, 0.29) is 11.5 Å². The molecule has 0 aliphatic carbocycles. The highest BCUT2D eigenvalue weighted by molar-refractivity contribution is 6.05. The molecule has 0 aliphatic heterocycles. The van der Waals surface area contributed by atoms with Gasteiger partial charge in [-0.1, -0.05) is 18.2 Å². The maximum absolute atomic E-state index is 12.4. The van der Waals surface area contributed by atoms with Crippen molar-refractivity contribution >= 4 is 11.6 Å². The standard InChI is InChI=1S/C15H16N2O2/c1-3-17(13-7-5-4-6-8-13)15(19)12-9-10-16(2)14(18)11-12/h4-11H,3H2,1-2H3. The molecule has 4 heteroatoms. The lowest BCUT2D eigenvalue weighted by atomic mass is 10.2. The number of carbonyl (C=O) groups is 1. The summed E-state index contributed by atoms with van der Waals surface area (Å²) in [6.07, 6.45) is 1.61. The van der Waals surface area contributed by atoms with Gasteiger partial charge >= 0.3 is 0 Å². The number of nitrogens with zero attached hydrogens (tertiary/aromatic N) is 2. The Bertz CT molecular complexity index is 632. The molecule has 98 valence electrons. The van der Waals surface area contributed by atoms with Crippen LogP contribution in [-0.4, -0.2) is 17.0 Å². The molecule has 19 heavy (non-hydrogen) atoms. The zero-order valence-electron chi connectivity index (χ0n) is 11.0. The van der Waals surface area contributed by atoms with Gasteiger partial charge in [0.15, 0.2) is 0 Å². The summed E-state index contributed by atoms with van der Waals surface area (Å²) in [5.41, 5.74) is 1.06. The number of rotatable bonds is 3. The molecule has 0 N–H and O–H groups in total. The van der Waals surface area contributed by atoms with Crippen molar-refractivity contribution in [2.45, 2.75) is 6.92 Å². The lowest BCUT2D eigenvalue weighted by molar-refractivity contribution is 0.0988. The molecule has 0 spiro atoms. The number of hydrogen-bond donors (Lipinski definition) is 0. The Morgan fingerprint density at radius 1 is 1.21 bits per heavy atom. The minimum Gasteiger partial charge on any atom is -0.319 e. The van der Waals surface area contributed by atoms with Gasteiger partial charge < -0.3 is 9.47 Å². The van der Waals surface area contributed by atoms with E-state index in [0.717, 1.165) is 5.69 Å². The fourth-order valence-corrected chi connectivity index (χ4v) is 1.89. The van der Waals surface area contributed by atoms with Gasteiger partial charge in [-0.15, -0.1) is 0 Å². The number of hydrogen-bond acceptors (Lipinski definition) is 2. The number of amides is 1. The first-order valence-corrected chi connectivity index (χ1v) is 6.17. The minimum atomic E-state index is -0.185. The van der Waals surface area contributed by atoms with Crippen molar-refractivity contribution in [1.82, 2.24) is 4.57 Å². The van der Waals surface area contributed by atoms with E-state index >= 15 is 0 Å². The van der Waals surface area contributed by atoms with Crippen molar-refractivity contribution in [3.05, 3.63) is 64.6 Å². The first-order valence-electron chi connectivity index (χ1n) is 6.17. The first kappa shape index (κ1) is 13.1. The summed E-state index contributed by atoms with van der Waals surface area (Å²) in [6, 6.07) is 12.5. The highest BCUT2D eigenvalue weighted by Crippen LogP contribution is 2.15. The summed E-state index contributed by atoms with van der Waals surface area (Å²) in [6.45, 7) is 2.46. The van der Waals surface area contributed by atoms with Crippen LogP contribution in [0.2, 0.25) is 0 Å². The van der Waals surface area contributed by atoms with Gasteiger partial charge in [0.25, 0.3) is 11.5 Å². The third-order valence-corrected chi connectivity index (χ3v) is 2.98. The van der Waals surface area contributed by atoms with E-state index in [9.17, 15) is 9.59 Å². The van der Waals surface area contributed by atoms with Crippen LogP contribution in [0.1, 0.15) is 17.3 Å². The molecular formula is C15H16N2O2. The van der Waals surface area contributed by atoms with Gasteiger partial charge in [-0.25, -0.2) is 0 Å². The Morgan fingerprint density at radius 2 is 1.89 bits per heavy atom. The maximum atomic E-state index is 12.4. The molecule has 0 saturated heterocycles. The molecule has 1 aromatic carbocycles. The van der Waals surface area contributed by atoms with Crippen LogP contribution in [0.25, 0.3) is 0 Å². The maximum Gasteiger partial charge on any atom is 0.258 e. The van der Waals surface area contributed by atoms with E-state index in [0.29, 0.717) is 12.1 Å². The van der Waals surface area contributed by atoms with E-state index in [1.54, 1.807) is 24.2 Å². The van der Waals surface area contributed by atoms with Crippen molar-refractivity contribution in [2.75, 3.05) is 11.4 Å². The van der Waals surface area contributed by atoms with Crippen molar-refractivity contribution in [2.24, 2.45) is 7.05 Å². The summed E-state index contributed by atoms with van der Waals surface area (Å²) >= 11 is 0. The largest absolute Gasteiger partial charge is 0.319 e. The van der Waals surface area contributed by atoms with E-state index in [4.69, 9.17) is 0 Å². The molecule has 1 aromatic heterocycles. The Balaban J connectivity index is 2.36. The van der Waals surface area contributed by atoms with Crippen molar-refractivity contribution in [1.29, 1.82) is 0 Å². The molecule has 0 saturated carbocycles. The lowest BCUT2D eigenvalue weighted by Crippen LogP contribution is -2.31. The van der Waals surface area contributed by atoms with E-state index in [2.05, 4.69) is 0 Å². The zero-order chi connectivity index (χ0) is 13.8. The van der Waals surface area contributed by atoms with Gasteiger partial charge in [0, 0.05) is 37.1 Å². The van der Waals surface area contributed by atoms with E-state index in [1.807, 2.05) is 37.3 Å². The Morgan fingerprint density at radius 3 is 2.47 bits per heavy atom. The topological polar surface area (TPSA) is 42.3 Å². The van der Waals surface area contributed by atoms with Crippen LogP contribution >= 0.6 is 0 Å². The molecular weight excluding hydrogens is 240 g/mol. The highest BCUT2D eigenvalue weighted by atomic mass is 16.2. The van der Waals surface area contributed by atoms with Crippen molar-refractivity contribution < 1.29 is 4.79 Å². The second-order valence-electron chi connectivity index (χ2n) is 4.25. The van der Waals surface area contributed by atoms with Gasteiger partial charge in [0.1, 0.15) is 0 Å². The molecule has 1 amide bonds. The van der Waals surface area contributed by atoms with Crippen LogP contribution in [0.4, 0.5) is 5.69 Å². The number of aromatic nitrogens is 1. The second kappa shape index (κ2) is 5.52. The first-order chi connectivity index (χ1) is 9.13. The summed E-state index contributed by atoms with van der Waals surface area (Å²) < 4.78 is 1.44. The monoisotopic (exact) mass is 256 g/mol. The minimum absolute atomic E-state index is 0.161. The third-order valence-electron chi connectivity index (χ3n) is 2.98. The molecule has 2 rings (SSSR count). The van der Waals surface area contributed by atoms with E-state index in [1.165, 1.54) is 10.6 Å². The average molecular weight is 256 g/mol. The number of pyridine rings is 1. The number of aryl methyl sites for hydroxylation is 1. The van der Waals surface area contributed by atoms with Gasteiger partial charge in [-0.2, -0.15) is 0 Å². The van der Waals surface area contributed by atoms with E-state index < -0.39 is 0 Å². The fraction of sp³-hybridized carbons (Fsp3) is 0.200. The molecule has 0 aliphatic rings. The highest BCUT2D eigenvalue weighted by Gasteiger charge is 2.16. The number of anilines is 1. The van der Waals surface area contributed by atoms with Crippen LogP contribution in [0.3, 0.4) is 0 Å². The van der Waals surface area contributed by atoms with Crippen LogP contribution in [-0.2, 0) is 7.05 Å². The number of para-hydroxylation sites is 1. The molecule has 2 aromatic rings. The van der Waals surface area contributed by atoms with Gasteiger partial charge in [-0.3, -0.25) is 9.59 Å². The Labute approximate surface area is 111 Å². The smallest absolute Gasteiger partial charge is 0.258 e. The summed E-state index contributed by atoms with van der Waals surface area (Å²) in [5, 5.41) is 0. The summed E-state index contributed by atoms with van der Waals surface area (Å²) in [4.78, 5) is 25.6. The molecule has 0 bridgehead atoms. The van der Waals surface area contributed by atoms with Crippen LogP contribution in [0, 0.1) is 0 Å². The SMILES string of the molecule is CCN(C(=O)c1ccn(C)c(=O)c1)c1ccccc1. The second-order valence-corrected chi connectivity index (χ2v) is 4.25. The average Bonchev–Trinajstić information content (AvgIpc) is 2.44. The molecule has 0 fully saturated rings. The predicted octanol–water partition coefficient (Wildman–Crippen LogP) is 2.05. The van der Waals surface area contributed by atoms with Gasteiger partial charge in [0.2, 0.25) is 0 Å². The Kier molecular flexibility index (Phi) is 3.80. The van der Waals surface area contributed by atoms with Gasteiger partial charge in [-0.05, 0) is 25.1 Å². The number of benzene rings is 1. The zero-order valence-corrected chi connectivity index (χ0v) is 11.0. The quantitative estimate of drug-likeness (QED) is 0.843. The van der Waals surface area contributed by atoms with Crippen molar-refractivity contribution in [3.63, 3.8) is 0 Å². The molecule has 0 unspecified atom stereocenters. The molecule has 0 atom stereocenters. The third kappa shape index (κ3) is 2.73. The lowest BCUT2D eigenvalue weighted by Gasteiger charge is -2.21.